The van der Waals surface area contributed by atoms with Crippen molar-refractivity contribution < 1.29 is 28.8 Å². The van der Waals surface area contributed by atoms with Crippen LogP contribution in [0.3, 0.4) is 0 Å². The molecule has 6 heteroatoms. The number of rotatable bonds is 9. The van der Waals surface area contributed by atoms with E-state index in [1.165, 1.54) is 5.57 Å². The first-order valence-corrected chi connectivity index (χ1v) is 12.8. The summed E-state index contributed by atoms with van der Waals surface area (Å²) in [6, 6.07) is 0. The van der Waals surface area contributed by atoms with Gasteiger partial charge < -0.3 is 28.8 Å². The molecule has 0 aromatic carbocycles. The molecule has 4 rings (SSSR count). The van der Waals surface area contributed by atoms with Gasteiger partial charge >= 0.3 is 0 Å². The molecule has 8 atom stereocenters. The second kappa shape index (κ2) is 12.1. The minimum absolute atomic E-state index is 0.0213. The van der Waals surface area contributed by atoms with Gasteiger partial charge in [0.1, 0.15) is 6.10 Å². The highest BCUT2D eigenvalue weighted by molar-refractivity contribution is 5.06. The molecular weight excluding hydrogens is 408 g/mol. The lowest BCUT2D eigenvalue weighted by Crippen LogP contribution is -2.44. The van der Waals surface area contributed by atoms with Crippen LogP contribution >= 0.6 is 0 Å². The number of aliphatic hydroxyl groups is 1. The molecule has 4 aliphatic rings. The SMILES string of the molecule is CC(C)=CCCC/C=C/[C@@H]1[C@H]2CC(O)O[C@H]2C[C@H]1OC1OCCCC1OC1CCCCO1. The van der Waals surface area contributed by atoms with E-state index in [1.807, 2.05) is 0 Å². The van der Waals surface area contributed by atoms with Crippen molar-refractivity contribution in [1.82, 2.24) is 0 Å². The lowest BCUT2D eigenvalue weighted by atomic mass is 9.91. The predicted molar refractivity (Wildman–Crippen MR) is 122 cm³/mol. The molecule has 3 saturated heterocycles. The minimum Gasteiger partial charge on any atom is -0.368 e. The molecule has 6 nitrogen and oxygen atoms in total. The molecule has 1 aliphatic carbocycles. The summed E-state index contributed by atoms with van der Waals surface area (Å²) in [5, 5.41) is 10.0. The summed E-state index contributed by atoms with van der Waals surface area (Å²) >= 11 is 0. The highest BCUT2D eigenvalue weighted by Crippen LogP contribution is 2.45. The van der Waals surface area contributed by atoms with E-state index in [1.54, 1.807) is 0 Å². The Labute approximate surface area is 193 Å². The molecular formula is C26H42O6. The molecule has 0 amide bonds. The highest BCUT2D eigenvalue weighted by Gasteiger charge is 2.50. The first kappa shape index (κ1) is 24.4. The van der Waals surface area contributed by atoms with E-state index < -0.39 is 6.29 Å². The Balaban J connectivity index is 1.35. The fourth-order valence-corrected chi connectivity index (χ4v) is 5.50. The molecule has 32 heavy (non-hydrogen) atoms. The lowest BCUT2D eigenvalue weighted by Gasteiger charge is -2.37. The maximum atomic E-state index is 10.0. The van der Waals surface area contributed by atoms with E-state index in [0.29, 0.717) is 18.9 Å². The van der Waals surface area contributed by atoms with Gasteiger partial charge in [0.15, 0.2) is 18.9 Å². The van der Waals surface area contributed by atoms with Gasteiger partial charge in [-0.3, -0.25) is 0 Å². The van der Waals surface area contributed by atoms with Crippen molar-refractivity contribution in [2.75, 3.05) is 13.2 Å². The fraction of sp³-hybridized carbons (Fsp3) is 0.846. The molecule has 4 unspecified atom stereocenters. The van der Waals surface area contributed by atoms with Gasteiger partial charge in [0.05, 0.1) is 12.2 Å². The van der Waals surface area contributed by atoms with Crippen LogP contribution in [0.5, 0.6) is 0 Å². The standard InChI is InChI=1S/C26H42O6/c1-18(2)10-5-3-4-6-11-19-20-16-24(27)30-23(20)17-22(19)32-26-21(12-9-15-29-26)31-25-13-7-8-14-28-25/h6,10-11,19-27H,3-5,7-9,12-17H2,1-2H3/b11-6+/t19-,20-,21?,22-,23+,24?,25?,26?/m1/s1. The second-order valence-electron chi connectivity index (χ2n) is 10.0. The molecule has 1 N–H and O–H groups in total. The Hall–Kier alpha value is -0.760. The van der Waals surface area contributed by atoms with Crippen molar-refractivity contribution in [3.63, 3.8) is 0 Å². The van der Waals surface area contributed by atoms with Crippen LogP contribution in [0.1, 0.15) is 78.1 Å². The van der Waals surface area contributed by atoms with Gasteiger partial charge in [-0.1, -0.05) is 23.8 Å². The first-order valence-electron chi connectivity index (χ1n) is 12.8. The number of hydrogen-bond donors (Lipinski definition) is 1. The van der Waals surface area contributed by atoms with Crippen molar-refractivity contribution in [1.29, 1.82) is 0 Å². The molecule has 0 spiro atoms. The van der Waals surface area contributed by atoms with Crippen molar-refractivity contribution in [2.45, 2.75) is 115 Å². The zero-order valence-electron chi connectivity index (χ0n) is 19.8. The maximum absolute atomic E-state index is 10.0. The quantitative estimate of drug-likeness (QED) is 0.400. The Bertz CT molecular complexity index is 624. The molecule has 3 aliphatic heterocycles. The Kier molecular flexibility index (Phi) is 9.21. The summed E-state index contributed by atoms with van der Waals surface area (Å²) in [5.74, 6) is 0.534. The topological polar surface area (TPSA) is 66.4 Å². The average molecular weight is 451 g/mol. The molecule has 0 radical (unpaired) electrons. The summed E-state index contributed by atoms with van der Waals surface area (Å²) in [7, 11) is 0. The molecule has 4 fully saturated rings. The van der Waals surface area contributed by atoms with Crippen LogP contribution in [-0.2, 0) is 23.7 Å². The minimum atomic E-state index is -0.648. The Morgan fingerprint density at radius 3 is 2.66 bits per heavy atom. The Morgan fingerprint density at radius 1 is 0.969 bits per heavy atom. The van der Waals surface area contributed by atoms with E-state index >= 15 is 0 Å². The van der Waals surface area contributed by atoms with E-state index in [-0.39, 0.29) is 36.8 Å². The van der Waals surface area contributed by atoms with E-state index in [4.69, 9.17) is 23.7 Å². The van der Waals surface area contributed by atoms with Crippen LogP contribution in [0, 0.1) is 11.8 Å². The van der Waals surface area contributed by atoms with Gasteiger partial charge in [0.2, 0.25) is 0 Å². The number of unbranched alkanes of at least 4 members (excludes halogenated alkanes) is 2. The van der Waals surface area contributed by atoms with Crippen molar-refractivity contribution in [2.24, 2.45) is 11.8 Å². The third-order valence-corrected chi connectivity index (χ3v) is 7.15. The van der Waals surface area contributed by atoms with Gasteiger partial charge in [-0.05, 0) is 71.1 Å². The molecule has 1 saturated carbocycles. The lowest BCUT2D eigenvalue weighted by molar-refractivity contribution is -0.289. The van der Waals surface area contributed by atoms with Crippen LogP contribution < -0.4 is 0 Å². The van der Waals surface area contributed by atoms with Gasteiger partial charge in [-0.2, -0.15) is 0 Å². The third-order valence-electron chi connectivity index (χ3n) is 7.15. The van der Waals surface area contributed by atoms with Crippen LogP contribution in [0.2, 0.25) is 0 Å². The summed E-state index contributed by atoms with van der Waals surface area (Å²) in [4.78, 5) is 0. The summed E-state index contributed by atoms with van der Waals surface area (Å²) in [6.07, 6.45) is 15.6. The molecule has 0 bridgehead atoms. The highest BCUT2D eigenvalue weighted by atomic mass is 16.7. The third kappa shape index (κ3) is 6.64. The van der Waals surface area contributed by atoms with Gasteiger partial charge in [0.25, 0.3) is 0 Å². The van der Waals surface area contributed by atoms with Gasteiger partial charge in [-0.25, -0.2) is 0 Å². The maximum Gasteiger partial charge on any atom is 0.184 e. The zero-order chi connectivity index (χ0) is 22.3. The van der Waals surface area contributed by atoms with Crippen molar-refractivity contribution in [3.8, 4) is 0 Å². The summed E-state index contributed by atoms with van der Waals surface area (Å²) in [5.41, 5.74) is 1.38. The zero-order valence-corrected chi connectivity index (χ0v) is 19.8. The van der Waals surface area contributed by atoms with Crippen molar-refractivity contribution in [3.05, 3.63) is 23.8 Å². The van der Waals surface area contributed by atoms with E-state index in [0.717, 1.165) is 64.4 Å². The molecule has 0 aromatic rings. The average Bonchev–Trinajstić information content (AvgIpc) is 3.28. The van der Waals surface area contributed by atoms with Crippen LogP contribution in [0.25, 0.3) is 0 Å². The summed E-state index contributed by atoms with van der Waals surface area (Å²) < 4.78 is 30.5. The normalized spacial score (nSPS) is 40.0. The smallest absolute Gasteiger partial charge is 0.184 e. The number of hydrogen-bond acceptors (Lipinski definition) is 6. The molecule has 3 heterocycles. The van der Waals surface area contributed by atoms with E-state index in [9.17, 15) is 5.11 Å². The second-order valence-corrected chi connectivity index (χ2v) is 10.0. The van der Waals surface area contributed by atoms with Crippen LogP contribution in [0.15, 0.2) is 23.8 Å². The first-order chi connectivity index (χ1) is 15.6. The van der Waals surface area contributed by atoms with E-state index in [2.05, 4.69) is 32.1 Å². The fourth-order valence-electron chi connectivity index (χ4n) is 5.50. The Morgan fingerprint density at radius 2 is 1.84 bits per heavy atom. The molecule has 0 aromatic heterocycles. The van der Waals surface area contributed by atoms with Crippen molar-refractivity contribution >= 4 is 0 Å². The molecule has 182 valence electrons. The number of aliphatic hydroxyl groups excluding tert-OH is 1. The number of ether oxygens (including phenoxy) is 5. The largest absolute Gasteiger partial charge is 0.368 e. The van der Waals surface area contributed by atoms with Crippen LogP contribution in [0.4, 0.5) is 0 Å². The monoisotopic (exact) mass is 450 g/mol. The predicted octanol–water partition coefficient (Wildman–Crippen LogP) is 4.86. The summed E-state index contributed by atoms with van der Waals surface area (Å²) in [6.45, 7) is 5.77. The van der Waals surface area contributed by atoms with Gasteiger partial charge in [-0.15, -0.1) is 0 Å². The number of fused-ring (bicyclic) bond motifs is 1. The van der Waals surface area contributed by atoms with Gasteiger partial charge in [0, 0.05) is 32.0 Å². The van der Waals surface area contributed by atoms with Crippen LogP contribution in [-0.4, -0.2) is 55.5 Å². The number of allylic oxidation sites excluding steroid dienone is 3.